The lowest BCUT2D eigenvalue weighted by molar-refractivity contribution is 0.138. The molecule has 1 aromatic carbocycles. The van der Waals surface area contributed by atoms with Crippen molar-refractivity contribution in [2.45, 2.75) is 50.5 Å². The molecule has 3 N–H and O–H groups in total. The zero-order valence-corrected chi connectivity index (χ0v) is 18.1. The largest absolute Gasteiger partial charge is 0.385 e. The average molecular weight is 411 g/mol. The Morgan fingerprint density at radius 3 is 2.43 bits per heavy atom. The molecule has 0 aromatic heterocycles. The molecule has 1 fully saturated rings. The van der Waals surface area contributed by atoms with E-state index in [9.17, 15) is 8.42 Å². The van der Waals surface area contributed by atoms with Crippen molar-refractivity contribution in [3.63, 3.8) is 0 Å². The maximum atomic E-state index is 11.8. The van der Waals surface area contributed by atoms with E-state index in [1.807, 2.05) is 6.92 Å². The molecule has 8 heteroatoms. The summed E-state index contributed by atoms with van der Waals surface area (Å²) in [5.74, 6) is 0.790. The van der Waals surface area contributed by atoms with E-state index in [-0.39, 0.29) is 10.3 Å². The number of hydrogen-bond donors (Lipinski definition) is 3. The van der Waals surface area contributed by atoms with Crippen LogP contribution in [-0.4, -0.2) is 48.2 Å². The lowest BCUT2D eigenvalue weighted by Gasteiger charge is -2.30. The van der Waals surface area contributed by atoms with Gasteiger partial charge in [0.25, 0.3) is 0 Å². The van der Waals surface area contributed by atoms with Crippen LogP contribution in [-0.2, 0) is 21.3 Å². The molecule has 0 atom stereocenters. The van der Waals surface area contributed by atoms with Gasteiger partial charge in [-0.25, -0.2) is 18.1 Å². The van der Waals surface area contributed by atoms with E-state index >= 15 is 0 Å². The van der Waals surface area contributed by atoms with E-state index in [0.717, 1.165) is 37.6 Å². The van der Waals surface area contributed by atoms with Crippen molar-refractivity contribution in [1.29, 1.82) is 0 Å². The van der Waals surface area contributed by atoms with Crippen molar-refractivity contribution in [1.82, 2.24) is 15.4 Å². The summed E-state index contributed by atoms with van der Waals surface area (Å²) in [6, 6.07) is 6.81. The Labute approximate surface area is 169 Å². The average Bonchev–Trinajstić information content (AvgIpc) is 3.18. The zero-order chi connectivity index (χ0) is 20.5. The lowest BCUT2D eigenvalue weighted by Crippen LogP contribution is -2.43. The third-order valence-electron chi connectivity index (χ3n) is 5.40. The molecule has 0 spiro atoms. The first-order valence-electron chi connectivity index (χ1n) is 9.98. The van der Waals surface area contributed by atoms with Crippen molar-refractivity contribution >= 4 is 16.0 Å². The second kappa shape index (κ2) is 10.8. The fourth-order valence-electron chi connectivity index (χ4n) is 3.63. The predicted octanol–water partition coefficient (Wildman–Crippen LogP) is 2.25. The van der Waals surface area contributed by atoms with E-state index < -0.39 is 10.0 Å². The van der Waals surface area contributed by atoms with Gasteiger partial charge >= 0.3 is 0 Å². The predicted molar refractivity (Wildman–Crippen MR) is 113 cm³/mol. The summed E-state index contributed by atoms with van der Waals surface area (Å²) in [6.45, 7) is 5.00. The maximum absolute atomic E-state index is 11.8. The van der Waals surface area contributed by atoms with Gasteiger partial charge in [-0.05, 0) is 56.3 Å². The number of nitrogens with zero attached hydrogens (tertiary/aromatic N) is 1. The van der Waals surface area contributed by atoms with Gasteiger partial charge in [0.2, 0.25) is 10.0 Å². The Morgan fingerprint density at radius 1 is 1.18 bits per heavy atom. The number of sulfonamides is 1. The number of guanidine groups is 1. The fraction of sp³-hybridized carbons (Fsp3) is 0.650. The smallest absolute Gasteiger partial charge is 0.240 e. The van der Waals surface area contributed by atoms with Gasteiger partial charge in [-0.15, -0.1) is 0 Å². The Kier molecular flexibility index (Phi) is 8.72. The molecule has 1 aromatic rings. The molecule has 0 heterocycles. The van der Waals surface area contributed by atoms with E-state index in [4.69, 9.17) is 4.74 Å². The highest BCUT2D eigenvalue weighted by Gasteiger charge is 2.33. The molecular formula is C20H34N4O3S. The number of hydrogen-bond acceptors (Lipinski definition) is 4. The molecule has 158 valence electrons. The van der Waals surface area contributed by atoms with Gasteiger partial charge in [0.1, 0.15) is 0 Å². The van der Waals surface area contributed by atoms with Crippen LogP contribution in [0.25, 0.3) is 0 Å². The maximum Gasteiger partial charge on any atom is 0.240 e. The minimum absolute atomic E-state index is 0.258. The van der Waals surface area contributed by atoms with E-state index in [0.29, 0.717) is 6.54 Å². The van der Waals surface area contributed by atoms with Crippen molar-refractivity contribution in [2.75, 3.05) is 33.9 Å². The van der Waals surface area contributed by atoms with Crippen LogP contribution in [0.5, 0.6) is 0 Å². The SMILES string of the molecule is CCNC(=NCc1ccc(S(=O)(=O)NC)cc1)NCC1(CCOC)CCCC1. The van der Waals surface area contributed by atoms with Crippen LogP contribution in [0.4, 0.5) is 0 Å². The molecule has 1 aliphatic rings. The van der Waals surface area contributed by atoms with Gasteiger partial charge in [-0.3, -0.25) is 0 Å². The molecule has 0 saturated heterocycles. The third kappa shape index (κ3) is 6.46. The second-order valence-corrected chi connectivity index (χ2v) is 9.24. The summed E-state index contributed by atoms with van der Waals surface area (Å²) < 4.78 is 31.3. The van der Waals surface area contributed by atoms with Crippen LogP contribution in [0.3, 0.4) is 0 Å². The highest BCUT2D eigenvalue weighted by Crippen LogP contribution is 2.40. The Balaban J connectivity index is 1.99. The highest BCUT2D eigenvalue weighted by molar-refractivity contribution is 7.89. The topological polar surface area (TPSA) is 91.8 Å². The molecule has 1 aliphatic carbocycles. The van der Waals surface area contributed by atoms with Crippen LogP contribution in [0.2, 0.25) is 0 Å². The van der Waals surface area contributed by atoms with Crippen molar-refractivity contribution in [3.8, 4) is 0 Å². The first-order chi connectivity index (χ1) is 13.4. The molecule has 0 unspecified atom stereocenters. The van der Waals surface area contributed by atoms with Crippen molar-refractivity contribution in [2.24, 2.45) is 10.4 Å². The van der Waals surface area contributed by atoms with Gasteiger partial charge < -0.3 is 15.4 Å². The quantitative estimate of drug-likeness (QED) is 0.406. The summed E-state index contributed by atoms with van der Waals surface area (Å²) in [6.07, 6.45) is 6.08. The molecular weight excluding hydrogens is 376 g/mol. The standard InChI is InChI=1S/C20H34N4O3S/c1-4-22-19(24-16-20(13-14-27-3)11-5-6-12-20)23-15-17-7-9-18(10-8-17)28(25,26)21-2/h7-10,21H,4-6,11-16H2,1-3H3,(H2,22,23,24). The number of aliphatic imine (C=N–C) groups is 1. The molecule has 0 bridgehead atoms. The molecule has 7 nitrogen and oxygen atoms in total. The molecule has 2 rings (SSSR count). The van der Waals surface area contributed by atoms with Crippen molar-refractivity contribution in [3.05, 3.63) is 29.8 Å². The number of ether oxygens (including phenoxy) is 1. The number of nitrogens with one attached hydrogen (secondary N) is 3. The van der Waals surface area contributed by atoms with E-state index in [1.165, 1.54) is 32.7 Å². The minimum atomic E-state index is -3.41. The van der Waals surface area contributed by atoms with E-state index in [2.05, 4.69) is 20.3 Å². The zero-order valence-electron chi connectivity index (χ0n) is 17.3. The Bertz CT molecular complexity index is 726. The molecule has 1 saturated carbocycles. The first-order valence-corrected chi connectivity index (χ1v) is 11.5. The number of methoxy groups -OCH3 is 1. The fourth-order valence-corrected chi connectivity index (χ4v) is 4.36. The van der Waals surface area contributed by atoms with Crippen LogP contribution in [0.1, 0.15) is 44.6 Å². The van der Waals surface area contributed by atoms with Crippen LogP contribution in [0, 0.1) is 5.41 Å². The monoisotopic (exact) mass is 410 g/mol. The highest BCUT2D eigenvalue weighted by atomic mass is 32.2. The number of benzene rings is 1. The molecule has 0 aliphatic heterocycles. The number of rotatable bonds is 10. The molecule has 0 radical (unpaired) electrons. The Morgan fingerprint density at radius 2 is 1.86 bits per heavy atom. The summed E-state index contributed by atoms with van der Waals surface area (Å²) in [4.78, 5) is 4.92. The summed E-state index contributed by atoms with van der Waals surface area (Å²) in [5, 5.41) is 6.80. The van der Waals surface area contributed by atoms with Gasteiger partial charge in [0.15, 0.2) is 5.96 Å². The normalized spacial score (nSPS) is 16.9. The third-order valence-corrected chi connectivity index (χ3v) is 6.83. The van der Waals surface area contributed by atoms with Gasteiger partial charge in [0.05, 0.1) is 11.4 Å². The summed E-state index contributed by atoms with van der Waals surface area (Å²) in [5.41, 5.74) is 1.25. The van der Waals surface area contributed by atoms with Crippen molar-refractivity contribution < 1.29 is 13.2 Å². The summed E-state index contributed by atoms with van der Waals surface area (Å²) >= 11 is 0. The Hall–Kier alpha value is -1.64. The van der Waals surface area contributed by atoms with E-state index in [1.54, 1.807) is 31.4 Å². The first kappa shape index (κ1) is 22.6. The second-order valence-electron chi connectivity index (χ2n) is 7.35. The minimum Gasteiger partial charge on any atom is -0.385 e. The van der Waals surface area contributed by atoms with Crippen LogP contribution < -0.4 is 15.4 Å². The van der Waals surface area contributed by atoms with Crippen LogP contribution >= 0.6 is 0 Å². The van der Waals surface area contributed by atoms with Crippen LogP contribution in [0.15, 0.2) is 34.2 Å². The van der Waals surface area contributed by atoms with Gasteiger partial charge in [-0.1, -0.05) is 25.0 Å². The van der Waals surface area contributed by atoms with Gasteiger partial charge in [0, 0.05) is 26.8 Å². The summed E-state index contributed by atoms with van der Waals surface area (Å²) in [7, 11) is -0.241. The molecule has 28 heavy (non-hydrogen) atoms. The van der Waals surface area contributed by atoms with Gasteiger partial charge in [-0.2, -0.15) is 0 Å². The lowest BCUT2D eigenvalue weighted by atomic mass is 9.83. The molecule has 0 amide bonds.